The third-order valence-electron chi connectivity index (χ3n) is 3.23. The maximum atomic E-state index is 14.1. The van der Waals surface area contributed by atoms with E-state index >= 15 is 0 Å². The van der Waals surface area contributed by atoms with E-state index in [0.717, 1.165) is 5.56 Å². The summed E-state index contributed by atoms with van der Waals surface area (Å²) in [4.78, 5) is 4.27. The molecule has 100 valence electrons. The summed E-state index contributed by atoms with van der Waals surface area (Å²) >= 11 is 0. The highest BCUT2D eigenvalue weighted by Crippen LogP contribution is 2.27. The zero-order chi connectivity index (χ0) is 14.0. The zero-order valence-corrected chi connectivity index (χ0v) is 11.2. The van der Waals surface area contributed by atoms with E-state index in [1.807, 2.05) is 19.1 Å². The van der Waals surface area contributed by atoms with Gasteiger partial charge in [-0.2, -0.15) is 0 Å². The highest BCUT2D eigenvalue weighted by molar-refractivity contribution is 5.35. The molecular formula is C15H16F2N2. The van der Waals surface area contributed by atoms with Crippen molar-refractivity contribution >= 4 is 0 Å². The lowest BCUT2D eigenvalue weighted by molar-refractivity contribution is 0.480. The highest BCUT2D eigenvalue weighted by atomic mass is 19.2. The summed E-state index contributed by atoms with van der Waals surface area (Å²) < 4.78 is 27.8. The van der Waals surface area contributed by atoms with Gasteiger partial charge in [0.2, 0.25) is 0 Å². The van der Waals surface area contributed by atoms with Crippen LogP contribution in [-0.2, 0) is 0 Å². The van der Waals surface area contributed by atoms with E-state index in [1.165, 1.54) is 0 Å². The number of rotatable bonds is 3. The molecule has 1 heterocycles. The molecule has 4 heteroatoms. The van der Waals surface area contributed by atoms with Gasteiger partial charge in [0, 0.05) is 11.8 Å². The SMILES string of the molecule is CNC(c1ccc(C)c(F)c1F)c1ncccc1C. The molecule has 0 radical (unpaired) electrons. The molecule has 2 nitrogen and oxygen atoms in total. The smallest absolute Gasteiger partial charge is 0.164 e. The molecule has 2 rings (SSSR count). The molecule has 0 spiro atoms. The van der Waals surface area contributed by atoms with Gasteiger partial charge in [-0.15, -0.1) is 0 Å². The van der Waals surface area contributed by atoms with E-state index in [0.29, 0.717) is 11.3 Å². The minimum atomic E-state index is -0.815. The first-order valence-electron chi connectivity index (χ1n) is 6.09. The van der Waals surface area contributed by atoms with Crippen molar-refractivity contribution < 1.29 is 8.78 Å². The van der Waals surface area contributed by atoms with Crippen LogP contribution in [0.2, 0.25) is 0 Å². The topological polar surface area (TPSA) is 24.9 Å². The lowest BCUT2D eigenvalue weighted by atomic mass is 9.98. The standard InChI is InChI=1S/C15H16F2N2/c1-9-6-7-11(13(17)12(9)16)15(18-3)14-10(2)5-4-8-19-14/h4-8,15,18H,1-3H3. The van der Waals surface area contributed by atoms with Crippen LogP contribution in [-0.4, -0.2) is 12.0 Å². The van der Waals surface area contributed by atoms with Gasteiger partial charge in [0.15, 0.2) is 11.6 Å². The van der Waals surface area contributed by atoms with Crippen LogP contribution < -0.4 is 5.32 Å². The molecule has 0 fully saturated rings. The molecule has 2 aromatic rings. The molecule has 0 saturated heterocycles. The molecule has 1 N–H and O–H groups in total. The van der Waals surface area contributed by atoms with Crippen LogP contribution in [0.25, 0.3) is 0 Å². The van der Waals surface area contributed by atoms with E-state index < -0.39 is 17.7 Å². The first kappa shape index (κ1) is 13.6. The van der Waals surface area contributed by atoms with Crippen molar-refractivity contribution in [1.82, 2.24) is 10.3 Å². The zero-order valence-electron chi connectivity index (χ0n) is 11.2. The lowest BCUT2D eigenvalue weighted by Crippen LogP contribution is -2.21. The maximum Gasteiger partial charge on any atom is 0.164 e. The normalized spacial score (nSPS) is 12.5. The Hall–Kier alpha value is -1.81. The molecule has 0 saturated carbocycles. The molecule has 1 aromatic heterocycles. The van der Waals surface area contributed by atoms with E-state index in [4.69, 9.17) is 0 Å². The first-order chi connectivity index (χ1) is 9.06. The fraction of sp³-hybridized carbons (Fsp3) is 0.267. The van der Waals surface area contributed by atoms with Crippen LogP contribution in [0.5, 0.6) is 0 Å². The second-order valence-corrected chi connectivity index (χ2v) is 4.53. The molecule has 19 heavy (non-hydrogen) atoms. The quantitative estimate of drug-likeness (QED) is 0.918. The highest BCUT2D eigenvalue weighted by Gasteiger charge is 2.21. The summed E-state index contributed by atoms with van der Waals surface area (Å²) in [6.45, 7) is 3.44. The summed E-state index contributed by atoms with van der Waals surface area (Å²) in [6, 6.07) is 6.43. The van der Waals surface area contributed by atoms with E-state index in [1.54, 1.807) is 32.3 Å². The van der Waals surface area contributed by atoms with Crippen molar-refractivity contribution in [1.29, 1.82) is 0 Å². The van der Waals surface area contributed by atoms with Gasteiger partial charge in [-0.05, 0) is 38.1 Å². The number of halogens is 2. The average Bonchev–Trinajstić information content (AvgIpc) is 2.41. The van der Waals surface area contributed by atoms with Crippen molar-refractivity contribution in [3.63, 3.8) is 0 Å². The minimum Gasteiger partial charge on any atom is -0.308 e. The largest absolute Gasteiger partial charge is 0.308 e. The third kappa shape index (κ3) is 2.49. The fourth-order valence-corrected chi connectivity index (χ4v) is 2.12. The Kier molecular flexibility index (Phi) is 3.90. The number of aromatic nitrogens is 1. The summed E-state index contributed by atoms with van der Waals surface area (Å²) in [6.07, 6.45) is 1.65. The Labute approximate surface area is 111 Å². The third-order valence-corrected chi connectivity index (χ3v) is 3.23. The van der Waals surface area contributed by atoms with Crippen LogP contribution in [0.1, 0.15) is 28.4 Å². The number of aryl methyl sites for hydroxylation is 2. The molecular weight excluding hydrogens is 246 g/mol. The maximum absolute atomic E-state index is 14.1. The Bertz CT molecular complexity index is 597. The van der Waals surface area contributed by atoms with Gasteiger partial charge in [-0.25, -0.2) is 8.78 Å². The Morgan fingerprint density at radius 1 is 1.05 bits per heavy atom. The van der Waals surface area contributed by atoms with E-state index in [2.05, 4.69) is 10.3 Å². The second kappa shape index (κ2) is 5.45. The average molecular weight is 262 g/mol. The number of benzene rings is 1. The molecule has 1 atom stereocenters. The summed E-state index contributed by atoms with van der Waals surface area (Å²) in [5.41, 5.74) is 2.20. The summed E-state index contributed by atoms with van der Waals surface area (Å²) in [7, 11) is 1.70. The van der Waals surface area contributed by atoms with Gasteiger partial charge in [0.1, 0.15) is 0 Å². The monoisotopic (exact) mass is 262 g/mol. The van der Waals surface area contributed by atoms with Crippen molar-refractivity contribution in [3.05, 3.63) is 64.5 Å². The molecule has 0 amide bonds. The predicted molar refractivity (Wildman–Crippen MR) is 71.0 cm³/mol. The van der Waals surface area contributed by atoms with E-state index in [9.17, 15) is 8.78 Å². The molecule has 1 aromatic carbocycles. The lowest BCUT2D eigenvalue weighted by Gasteiger charge is -2.19. The predicted octanol–water partition coefficient (Wildman–Crippen LogP) is 3.29. The van der Waals surface area contributed by atoms with Gasteiger partial charge in [0.05, 0.1) is 11.7 Å². The molecule has 0 aliphatic carbocycles. The van der Waals surface area contributed by atoms with Crippen LogP contribution >= 0.6 is 0 Å². The number of pyridine rings is 1. The number of hydrogen-bond donors (Lipinski definition) is 1. The van der Waals surface area contributed by atoms with Gasteiger partial charge >= 0.3 is 0 Å². The number of hydrogen-bond acceptors (Lipinski definition) is 2. The van der Waals surface area contributed by atoms with Crippen molar-refractivity contribution in [2.75, 3.05) is 7.05 Å². The van der Waals surface area contributed by atoms with E-state index in [-0.39, 0.29) is 5.56 Å². The van der Waals surface area contributed by atoms with Gasteiger partial charge in [-0.3, -0.25) is 4.98 Å². The Morgan fingerprint density at radius 3 is 2.42 bits per heavy atom. The fourth-order valence-electron chi connectivity index (χ4n) is 2.12. The number of nitrogens with zero attached hydrogens (tertiary/aromatic N) is 1. The number of nitrogens with one attached hydrogen (secondary N) is 1. The van der Waals surface area contributed by atoms with Crippen molar-refractivity contribution in [2.45, 2.75) is 19.9 Å². The van der Waals surface area contributed by atoms with Crippen LogP contribution in [0, 0.1) is 25.5 Å². The van der Waals surface area contributed by atoms with Crippen LogP contribution in [0.15, 0.2) is 30.5 Å². The van der Waals surface area contributed by atoms with Gasteiger partial charge < -0.3 is 5.32 Å². The Balaban J connectivity index is 2.55. The molecule has 0 aliphatic rings. The summed E-state index contributed by atoms with van der Waals surface area (Å²) in [5.74, 6) is -1.62. The van der Waals surface area contributed by atoms with Crippen molar-refractivity contribution in [2.24, 2.45) is 0 Å². The molecule has 1 unspecified atom stereocenters. The van der Waals surface area contributed by atoms with Crippen LogP contribution in [0.4, 0.5) is 8.78 Å². The molecule has 0 bridgehead atoms. The molecule has 0 aliphatic heterocycles. The summed E-state index contributed by atoms with van der Waals surface area (Å²) in [5, 5.41) is 2.99. The van der Waals surface area contributed by atoms with Gasteiger partial charge in [0.25, 0.3) is 0 Å². The first-order valence-corrected chi connectivity index (χ1v) is 6.09. The van der Waals surface area contributed by atoms with Crippen molar-refractivity contribution in [3.8, 4) is 0 Å². The van der Waals surface area contributed by atoms with Crippen LogP contribution in [0.3, 0.4) is 0 Å². The van der Waals surface area contributed by atoms with Gasteiger partial charge in [-0.1, -0.05) is 18.2 Å². The second-order valence-electron chi connectivity index (χ2n) is 4.53. The minimum absolute atomic E-state index is 0.271. The Morgan fingerprint density at radius 2 is 1.79 bits per heavy atom.